The summed E-state index contributed by atoms with van der Waals surface area (Å²) in [5, 5.41) is 5.60. The molecule has 0 aliphatic rings. The molecule has 6 nitrogen and oxygen atoms in total. The number of ether oxygens (including phenoxy) is 2. The second kappa shape index (κ2) is 11.2. The minimum absolute atomic E-state index is 0.110. The Kier molecular flexibility index (Phi) is 8.06. The van der Waals surface area contributed by atoms with Gasteiger partial charge in [0.2, 0.25) is 0 Å². The van der Waals surface area contributed by atoms with E-state index in [0.29, 0.717) is 39.5 Å². The zero-order valence-electron chi connectivity index (χ0n) is 17.1. The average molecular weight is 483 g/mol. The van der Waals surface area contributed by atoms with Crippen LogP contribution in [0.15, 0.2) is 77.3 Å². The Hall–Kier alpha value is -3.32. The van der Waals surface area contributed by atoms with Crippen molar-refractivity contribution in [3.63, 3.8) is 0 Å². The Bertz CT molecular complexity index is 1040. The summed E-state index contributed by atoms with van der Waals surface area (Å²) in [5.41, 5.74) is 1.61. The zero-order chi connectivity index (χ0) is 22.1. The summed E-state index contributed by atoms with van der Waals surface area (Å²) in [4.78, 5) is 24.7. The molecule has 0 unspecified atom stereocenters. The molecule has 0 saturated heterocycles. The van der Waals surface area contributed by atoms with E-state index in [0.717, 1.165) is 6.42 Å². The number of hydrogen-bond donors (Lipinski definition) is 2. The van der Waals surface area contributed by atoms with E-state index in [1.165, 1.54) is 0 Å². The van der Waals surface area contributed by atoms with Crippen LogP contribution in [0.25, 0.3) is 0 Å². The van der Waals surface area contributed by atoms with Crippen LogP contribution in [0, 0.1) is 0 Å². The lowest BCUT2D eigenvalue weighted by Gasteiger charge is -2.11. The van der Waals surface area contributed by atoms with Crippen molar-refractivity contribution in [2.75, 3.05) is 23.8 Å². The van der Waals surface area contributed by atoms with Gasteiger partial charge in [-0.05, 0) is 70.9 Å². The van der Waals surface area contributed by atoms with Crippen LogP contribution in [-0.2, 0) is 4.79 Å². The van der Waals surface area contributed by atoms with Gasteiger partial charge in [0.05, 0.1) is 11.1 Å². The number of para-hydroxylation sites is 1. The smallest absolute Gasteiger partial charge is 0.262 e. The number of carbonyl (C=O) groups excluding carboxylic acids is 2. The lowest BCUT2D eigenvalue weighted by molar-refractivity contribution is -0.118. The van der Waals surface area contributed by atoms with E-state index in [9.17, 15) is 9.59 Å². The van der Waals surface area contributed by atoms with E-state index in [1.807, 2.05) is 25.1 Å². The Labute approximate surface area is 189 Å². The molecule has 0 spiro atoms. The van der Waals surface area contributed by atoms with Gasteiger partial charge in [-0.1, -0.05) is 31.2 Å². The zero-order valence-corrected chi connectivity index (χ0v) is 18.6. The fourth-order valence-corrected chi connectivity index (χ4v) is 3.21. The van der Waals surface area contributed by atoms with Gasteiger partial charge in [0.25, 0.3) is 11.8 Å². The second-order valence-corrected chi connectivity index (χ2v) is 7.53. The minimum atomic E-state index is -0.293. The Morgan fingerprint density at radius 2 is 1.61 bits per heavy atom. The number of anilines is 2. The van der Waals surface area contributed by atoms with Crippen molar-refractivity contribution in [2.45, 2.75) is 13.3 Å². The summed E-state index contributed by atoms with van der Waals surface area (Å²) in [6, 6.07) is 21.2. The molecule has 0 aliphatic carbocycles. The maximum atomic E-state index is 12.6. The number of carbonyl (C=O) groups is 2. The highest BCUT2D eigenvalue weighted by atomic mass is 79.9. The van der Waals surface area contributed by atoms with E-state index in [4.69, 9.17) is 9.47 Å². The van der Waals surface area contributed by atoms with Crippen LogP contribution in [-0.4, -0.2) is 25.0 Å². The molecule has 0 radical (unpaired) electrons. The van der Waals surface area contributed by atoms with Crippen LogP contribution in [0.2, 0.25) is 0 Å². The predicted molar refractivity (Wildman–Crippen MR) is 125 cm³/mol. The summed E-state index contributed by atoms with van der Waals surface area (Å²) >= 11 is 3.44. The molecule has 7 heteroatoms. The lowest BCUT2D eigenvalue weighted by Crippen LogP contribution is -2.20. The number of rotatable bonds is 9. The quantitative estimate of drug-likeness (QED) is 0.421. The van der Waals surface area contributed by atoms with E-state index >= 15 is 0 Å². The maximum Gasteiger partial charge on any atom is 0.262 e. The number of halogens is 1. The van der Waals surface area contributed by atoms with Crippen molar-refractivity contribution in [1.82, 2.24) is 0 Å². The van der Waals surface area contributed by atoms with Gasteiger partial charge >= 0.3 is 0 Å². The average Bonchev–Trinajstić information content (AvgIpc) is 2.78. The molecule has 0 heterocycles. The monoisotopic (exact) mass is 482 g/mol. The number of nitrogens with one attached hydrogen (secondary N) is 2. The predicted octanol–water partition coefficient (Wildman–Crippen LogP) is 5.51. The molecule has 0 atom stereocenters. The van der Waals surface area contributed by atoms with Crippen molar-refractivity contribution >= 4 is 39.1 Å². The third-order valence-corrected chi connectivity index (χ3v) is 4.79. The highest BCUT2D eigenvalue weighted by Crippen LogP contribution is 2.27. The van der Waals surface area contributed by atoms with Crippen LogP contribution in [0.4, 0.5) is 11.4 Å². The maximum absolute atomic E-state index is 12.6. The first-order valence-corrected chi connectivity index (χ1v) is 10.7. The summed E-state index contributed by atoms with van der Waals surface area (Å²) in [6.45, 7) is 2.53. The van der Waals surface area contributed by atoms with Crippen LogP contribution < -0.4 is 20.1 Å². The number of amides is 2. The molecule has 0 aliphatic heterocycles. The van der Waals surface area contributed by atoms with Crippen molar-refractivity contribution in [3.8, 4) is 11.5 Å². The molecule has 2 amide bonds. The third-order valence-electron chi connectivity index (χ3n) is 4.17. The van der Waals surface area contributed by atoms with Gasteiger partial charge in [-0.2, -0.15) is 0 Å². The first kappa shape index (κ1) is 22.4. The highest BCUT2D eigenvalue weighted by Gasteiger charge is 2.11. The van der Waals surface area contributed by atoms with E-state index in [1.54, 1.807) is 54.6 Å². The van der Waals surface area contributed by atoms with E-state index in [2.05, 4.69) is 26.6 Å². The normalized spacial score (nSPS) is 10.3. The molecular weight excluding hydrogens is 460 g/mol. The van der Waals surface area contributed by atoms with Crippen molar-refractivity contribution in [3.05, 3.63) is 82.8 Å². The summed E-state index contributed by atoms with van der Waals surface area (Å²) in [5.74, 6) is 0.759. The van der Waals surface area contributed by atoms with Gasteiger partial charge in [-0.25, -0.2) is 0 Å². The molecule has 0 aromatic heterocycles. The Morgan fingerprint density at radius 1 is 0.871 bits per heavy atom. The summed E-state index contributed by atoms with van der Waals surface area (Å²) < 4.78 is 11.8. The molecule has 0 saturated carbocycles. The largest absolute Gasteiger partial charge is 0.492 e. The molecule has 3 rings (SSSR count). The Morgan fingerprint density at radius 3 is 2.32 bits per heavy atom. The van der Waals surface area contributed by atoms with E-state index in [-0.39, 0.29) is 18.4 Å². The van der Waals surface area contributed by atoms with Crippen LogP contribution >= 0.6 is 15.9 Å². The fraction of sp³-hybridized carbons (Fsp3) is 0.167. The number of benzene rings is 3. The SMILES string of the molecule is CCCOc1ccc(C(=O)Nc2cccc(NC(=O)COc3ccccc3)c2)cc1Br. The first-order chi connectivity index (χ1) is 15.0. The van der Waals surface area contributed by atoms with Gasteiger partial charge in [-0.15, -0.1) is 0 Å². The standard InChI is InChI=1S/C24H23BrN2O4/c1-2-13-30-22-12-11-17(14-21(22)25)24(29)27-19-8-6-7-18(15-19)26-23(28)16-31-20-9-4-3-5-10-20/h3-12,14-15H,2,13,16H2,1H3,(H,26,28)(H,27,29). The van der Waals surface area contributed by atoms with Crippen LogP contribution in [0.1, 0.15) is 23.7 Å². The molecule has 3 aromatic rings. The van der Waals surface area contributed by atoms with Crippen molar-refractivity contribution in [2.24, 2.45) is 0 Å². The number of hydrogen-bond acceptors (Lipinski definition) is 4. The molecule has 31 heavy (non-hydrogen) atoms. The lowest BCUT2D eigenvalue weighted by atomic mass is 10.2. The van der Waals surface area contributed by atoms with Crippen molar-refractivity contribution < 1.29 is 19.1 Å². The molecule has 3 aromatic carbocycles. The fourth-order valence-electron chi connectivity index (χ4n) is 2.71. The van der Waals surface area contributed by atoms with E-state index < -0.39 is 0 Å². The summed E-state index contributed by atoms with van der Waals surface area (Å²) in [7, 11) is 0. The highest BCUT2D eigenvalue weighted by molar-refractivity contribution is 9.10. The third kappa shape index (κ3) is 6.86. The van der Waals surface area contributed by atoms with Gasteiger partial charge < -0.3 is 20.1 Å². The molecule has 0 bridgehead atoms. The summed E-state index contributed by atoms with van der Waals surface area (Å²) in [6.07, 6.45) is 0.903. The van der Waals surface area contributed by atoms with Gasteiger partial charge in [-0.3, -0.25) is 9.59 Å². The second-order valence-electron chi connectivity index (χ2n) is 6.68. The Balaban J connectivity index is 1.57. The minimum Gasteiger partial charge on any atom is -0.492 e. The molecular formula is C24H23BrN2O4. The van der Waals surface area contributed by atoms with Crippen molar-refractivity contribution in [1.29, 1.82) is 0 Å². The first-order valence-electron chi connectivity index (χ1n) is 9.86. The van der Waals surface area contributed by atoms with Crippen LogP contribution in [0.3, 0.4) is 0 Å². The van der Waals surface area contributed by atoms with Crippen LogP contribution in [0.5, 0.6) is 11.5 Å². The van der Waals surface area contributed by atoms with Gasteiger partial charge in [0.15, 0.2) is 6.61 Å². The van der Waals surface area contributed by atoms with Gasteiger partial charge in [0, 0.05) is 16.9 Å². The van der Waals surface area contributed by atoms with Gasteiger partial charge in [0.1, 0.15) is 11.5 Å². The topological polar surface area (TPSA) is 76.7 Å². The molecule has 2 N–H and O–H groups in total. The molecule has 160 valence electrons. The molecule has 0 fully saturated rings.